The van der Waals surface area contributed by atoms with Gasteiger partial charge in [-0.2, -0.15) is 0 Å². The number of fused-ring (bicyclic) bond motifs is 1. The fraction of sp³-hybridized carbons (Fsp3) is 0.312. The molecule has 0 aliphatic carbocycles. The van der Waals surface area contributed by atoms with Crippen LogP contribution < -0.4 is 4.74 Å². The van der Waals surface area contributed by atoms with Crippen LogP contribution in [0.15, 0.2) is 71.9 Å². The minimum Gasteiger partial charge on any atom is -0.492 e. The van der Waals surface area contributed by atoms with Crippen LogP contribution in [0, 0.1) is 13.8 Å². The highest BCUT2D eigenvalue weighted by Crippen LogP contribution is 2.40. The van der Waals surface area contributed by atoms with Crippen molar-refractivity contribution in [2.45, 2.75) is 52.5 Å². The van der Waals surface area contributed by atoms with Crippen LogP contribution in [0.4, 0.5) is 0 Å². The first-order valence-electron chi connectivity index (χ1n) is 13.3. The molecular weight excluding hydrogens is 490 g/mol. The number of hydrogen-bond donors (Lipinski definition) is 0. The Kier molecular flexibility index (Phi) is 7.87. The Hall–Kier alpha value is -4.26. The van der Waals surface area contributed by atoms with Crippen molar-refractivity contribution in [1.82, 2.24) is 14.9 Å². The van der Waals surface area contributed by atoms with Crippen molar-refractivity contribution in [2.75, 3.05) is 13.2 Å². The van der Waals surface area contributed by atoms with E-state index in [-0.39, 0.29) is 17.7 Å². The molecule has 2 aromatic heterocycles. The first-order valence-corrected chi connectivity index (χ1v) is 13.3. The summed E-state index contributed by atoms with van der Waals surface area (Å²) in [6, 6.07) is 13.9. The van der Waals surface area contributed by atoms with Crippen molar-refractivity contribution in [3.63, 3.8) is 0 Å². The van der Waals surface area contributed by atoms with E-state index in [0.29, 0.717) is 50.1 Å². The van der Waals surface area contributed by atoms with Gasteiger partial charge < -0.3 is 14.1 Å². The first kappa shape index (κ1) is 26.4. The molecule has 39 heavy (non-hydrogen) atoms. The molecule has 0 radical (unpaired) electrons. The lowest BCUT2D eigenvalue weighted by Crippen LogP contribution is -2.41. The minimum atomic E-state index is -0.277. The number of rotatable bonds is 9. The van der Waals surface area contributed by atoms with Crippen LogP contribution in [-0.4, -0.2) is 39.7 Å². The van der Waals surface area contributed by atoms with Crippen molar-refractivity contribution < 1.29 is 18.7 Å². The summed E-state index contributed by atoms with van der Waals surface area (Å²) in [5.41, 5.74) is 7.85. The maximum absolute atomic E-state index is 13.6. The fourth-order valence-electron chi connectivity index (χ4n) is 5.34. The third-order valence-corrected chi connectivity index (χ3v) is 7.34. The molecule has 1 aliphatic heterocycles. The summed E-state index contributed by atoms with van der Waals surface area (Å²) < 4.78 is 11.3. The molecule has 1 atom stereocenters. The molecule has 0 saturated carbocycles. The Bertz CT molecular complexity index is 1460. The summed E-state index contributed by atoms with van der Waals surface area (Å²) >= 11 is 0. The molecule has 5 rings (SSSR count). The zero-order valence-electron chi connectivity index (χ0n) is 22.6. The lowest BCUT2D eigenvalue weighted by Gasteiger charge is -2.39. The van der Waals surface area contributed by atoms with Crippen LogP contribution in [0.2, 0.25) is 0 Å². The van der Waals surface area contributed by atoms with Gasteiger partial charge in [0.25, 0.3) is 0 Å². The molecule has 0 saturated heterocycles. The van der Waals surface area contributed by atoms with Crippen molar-refractivity contribution in [3.8, 4) is 5.75 Å². The van der Waals surface area contributed by atoms with Crippen LogP contribution in [0.1, 0.15) is 68.8 Å². The number of amides is 1. The number of Topliss-reactive ketones (excluding diaryl/α,β-unsaturated/α-hetero) is 1. The molecule has 1 aliphatic rings. The summed E-state index contributed by atoms with van der Waals surface area (Å²) in [7, 11) is 0. The smallest absolute Gasteiger partial charge is 0.223 e. The molecule has 2 aromatic carbocycles. The topological polar surface area (TPSA) is 85.5 Å². The normalized spacial score (nSPS) is 14.6. The number of carbonyl (C=O) groups is 2. The Morgan fingerprint density at radius 3 is 2.69 bits per heavy atom. The monoisotopic (exact) mass is 523 g/mol. The molecule has 1 unspecified atom stereocenters. The maximum atomic E-state index is 13.6. The highest BCUT2D eigenvalue weighted by atomic mass is 16.5. The summed E-state index contributed by atoms with van der Waals surface area (Å²) in [6.07, 6.45) is 8.73. The van der Waals surface area contributed by atoms with Gasteiger partial charge in [0.15, 0.2) is 12.2 Å². The molecule has 200 valence electrons. The van der Waals surface area contributed by atoms with Gasteiger partial charge in [-0.1, -0.05) is 29.8 Å². The second-order valence-corrected chi connectivity index (χ2v) is 10.1. The number of benzene rings is 2. The number of aromatic nitrogens is 2. The van der Waals surface area contributed by atoms with Crippen molar-refractivity contribution >= 4 is 11.7 Å². The van der Waals surface area contributed by atoms with E-state index in [0.717, 1.165) is 33.5 Å². The van der Waals surface area contributed by atoms with Crippen LogP contribution in [0.3, 0.4) is 0 Å². The summed E-state index contributed by atoms with van der Waals surface area (Å²) in [4.78, 5) is 36.6. The number of ether oxygens (including phenoxy) is 1. The van der Waals surface area contributed by atoms with Gasteiger partial charge in [0.1, 0.15) is 12.0 Å². The van der Waals surface area contributed by atoms with Gasteiger partial charge in [0, 0.05) is 38.2 Å². The summed E-state index contributed by atoms with van der Waals surface area (Å²) in [6.45, 7) is 6.71. The lowest BCUT2D eigenvalue weighted by atomic mass is 9.84. The van der Waals surface area contributed by atoms with E-state index in [1.54, 1.807) is 19.4 Å². The number of carbonyl (C=O) groups excluding carboxylic acids is 2. The maximum Gasteiger partial charge on any atom is 0.223 e. The predicted molar refractivity (Wildman–Crippen MR) is 148 cm³/mol. The molecule has 0 fully saturated rings. The van der Waals surface area contributed by atoms with Gasteiger partial charge in [-0.15, -0.1) is 0 Å². The van der Waals surface area contributed by atoms with E-state index >= 15 is 0 Å². The van der Waals surface area contributed by atoms with Gasteiger partial charge >= 0.3 is 0 Å². The van der Waals surface area contributed by atoms with Crippen LogP contribution in [0.25, 0.3) is 0 Å². The number of nitrogens with zero attached hydrogens (tertiary/aromatic N) is 3. The number of ketones is 1. The first-order chi connectivity index (χ1) is 18.9. The average molecular weight is 524 g/mol. The van der Waals surface area contributed by atoms with E-state index in [1.165, 1.54) is 12.0 Å². The van der Waals surface area contributed by atoms with E-state index in [9.17, 15) is 9.59 Å². The Labute approximate surface area is 228 Å². The van der Waals surface area contributed by atoms with E-state index in [4.69, 9.17) is 9.15 Å². The van der Waals surface area contributed by atoms with Gasteiger partial charge in [-0.3, -0.25) is 14.6 Å². The SMILES string of the molecule is CC(=O)c1cc2c(cc1OCCc1cccnc1)C(c1ccc(C)cc1C)N(C(=O)CCc1cocn1)CC2. The van der Waals surface area contributed by atoms with Gasteiger partial charge in [0.05, 0.1) is 23.9 Å². The number of pyridine rings is 1. The second kappa shape index (κ2) is 11.6. The quantitative estimate of drug-likeness (QED) is 0.265. The summed E-state index contributed by atoms with van der Waals surface area (Å²) in [5, 5.41) is 0. The molecule has 0 spiro atoms. The molecule has 7 heteroatoms. The number of oxazole rings is 1. The Balaban J connectivity index is 1.50. The number of hydrogen-bond acceptors (Lipinski definition) is 6. The van der Waals surface area contributed by atoms with E-state index in [1.807, 2.05) is 35.4 Å². The van der Waals surface area contributed by atoms with Gasteiger partial charge in [-0.05, 0) is 73.2 Å². The van der Waals surface area contributed by atoms with Crippen molar-refractivity contribution in [1.29, 1.82) is 0 Å². The fourth-order valence-corrected chi connectivity index (χ4v) is 5.34. The molecule has 4 aromatic rings. The molecule has 3 heterocycles. The zero-order valence-corrected chi connectivity index (χ0v) is 22.6. The molecule has 7 nitrogen and oxygen atoms in total. The highest BCUT2D eigenvalue weighted by Gasteiger charge is 2.34. The van der Waals surface area contributed by atoms with Gasteiger partial charge in [0.2, 0.25) is 5.91 Å². The van der Waals surface area contributed by atoms with Crippen molar-refractivity contribution in [3.05, 3.63) is 112 Å². The Morgan fingerprint density at radius 2 is 1.97 bits per heavy atom. The lowest BCUT2D eigenvalue weighted by molar-refractivity contribution is -0.133. The van der Waals surface area contributed by atoms with Crippen LogP contribution in [0.5, 0.6) is 5.75 Å². The Morgan fingerprint density at radius 1 is 1.10 bits per heavy atom. The number of aryl methyl sites for hydroxylation is 3. The summed E-state index contributed by atoms with van der Waals surface area (Å²) in [5.74, 6) is 0.573. The molecule has 0 bridgehead atoms. The van der Waals surface area contributed by atoms with Gasteiger partial charge in [-0.25, -0.2) is 4.98 Å². The highest BCUT2D eigenvalue weighted by molar-refractivity contribution is 5.97. The molecule has 1 amide bonds. The second-order valence-electron chi connectivity index (χ2n) is 10.1. The largest absolute Gasteiger partial charge is 0.492 e. The predicted octanol–water partition coefficient (Wildman–Crippen LogP) is 5.62. The minimum absolute atomic E-state index is 0.0386. The third kappa shape index (κ3) is 5.93. The van der Waals surface area contributed by atoms with E-state index in [2.05, 4.69) is 42.0 Å². The zero-order chi connectivity index (χ0) is 27.4. The average Bonchev–Trinajstić information content (AvgIpc) is 3.45. The van der Waals surface area contributed by atoms with Crippen LogP contribution >= 0.6 is 0 Å². The third-order valence-electron chi connectivity index (χ3n) is 7.34. The van der Waals surface area contributed by atoms with Crippen molar-refractivity contribution in [2.24, 2.45) is 0 Å². The van der Waals surface area contributed by atoms with Crippen LogP contribution in [-0.2, 0) is 24.1 Å². The van der Waals surface area contributed by atoms with E-state index < -0.39 is 0 Å². The molecular formula is C32H33N3O4. The molecule has 0 N–H and O–H groups in total. The standard InChI is InChI=1S/C32H33N3O4/c1-21-6-8-27(22(2)15-21)32-29-17-30(39-14-11-24-5-4-12-33-18-24)28(23(3)36)16-25(29)10-13-35(32)31(37)9-7-26-19-38-20-34-26/h4-6,8,12,15-20,32H,7,9-11,13-14H2,1-3H3.